The highest BCUT2D eigenvalue weighted by atomic mass is 35.5. The normalized spacial score (nSPS) is 13.0. The van der Waals surface area contributed by atoms with Crippen molar-refractivity contribution in [3.05, 3.63) is 76.5 Å². The molecule has 0 radical (unpaired) electrons. The highest BCUT2D eigenvalue weighted by Gasteiger charge is 2.30. The number of nitrogens with zero attached hydrogens (tertiary/aromatic N) is 3. The molecule has 3 aromatic rings. The van der Waals surface area contributed by atoms with E-state index in [0.29, 0.717) is 40.3 Å². The molecule has 0 aliphatic carbocycles. The number of pyridine rings is 1. The number of hydrogen-bond donors (Lipinski definition) is 1. The van der Waals surface area contributed by atoms with Crippen LogP contribution in [0.3, 0.4) is 0 Å². The molecular weight excluding hydrogens is 441 g/mol. The summed E-state index contributed by atoms with van der Waals surface area (Å²) in [7, 11) is 0. The number of carboxylic acid groups (broad SMARTS) is 1. The van der Waals surface area contributed by atoms with Crippen LogP contribution in [0.4, 0.5) is 11.4 Å². The third-order valence-electron chi connectivity index (χ3n) is 4.80. The number of halogens is 2. The Morgan fingerprint density at radius 1 is 1.03 bits per heavy atom. The van der Waals surface area contributed by atoms with Crippen molar-refractivity contribution >= 4 is 46.5 Å². The fourth-order valence-electron chi connectivity index (χ4n) is 3.41. The van der Waals surface area contributed by atoms with Crippen LogP contribution in [0.2, 0.25) is 10.0 Å². The van der Waals surface area contributed by atoms with E-state index in [2.05, 4.69) is 4.98 Å². The van der Waals surface area contributed by atoms with E-state index in [4.69, 9.17) is 27.9 Å². The van der Waals surface area contributed by atoms with Crippen molar-refractivity contribution in [2.24, 2.45) is 0 Å². The zero-order chi connectivity index (χ0) is 22.0. The largest absolute Gasteiger partial charge is 0.480 e. The van der Waals surface area contributed by atoms with E-state index >= 15 is 0 Å². The van der Waals surface area contributed by atoms with Gasteiger partial charge in [0.1, 0.15) is 23.6 Å². The summed E-state index contributed by atoms with van der Waals surface area (Å²) in [6.07, 6.45) is 2.95. The Labute approximate surface area is 188 Å². The molecule has 2 aromatic carbocycles. The van der Waals surface area contributed by atoms with Gasteiger partial charge in [-0.1, -0.05) is 35.3 Å². The van der Waals surface area contributed by atoms with Gasteiger partial charge in [0.15, 0.2) is 0 Å². The molecule has 1 N–H and O–H groups in total. The van der Waals surface area contributed by atoms with E-state index in [0.717, 1.165) is 0 Å². The van der Waals surface area contributed by atoms with E-state index in [1.807, 2.05) is 0 Å². The average Bonchev–Trinajstić information content (AvgIpc) is 2.76. The van der Waals surface area contributed by atoms with Crippen molar-refractivity contribution in [2.45, 2.75) is 0 Å². The number of carbonyl (C=O) groups is 2. The number of anilines is 2. The summed E-state index contributed by atoms with van der Waals surface area (Å²) in [6.45, 7) is 0.550. The van der Waals surface area contributed by atoms with Gasteiger partial charge in [0, 0.05) is 36.6 Å². The van der Waals surface area contributed by atoms with E-state index in [1.54, 1.807) is 58.3 Å². The molecule has 0 saturated heterocycles. The molecular formula is C22H17Cl2N3O4. The maximum absolute atomic E-state index is 13.5. The summed E-state index contributed by atoms with van der Waals surface area (Å²) in [5.41, 5.74) is 1.55. The lowest BCUT2D eigenvalue weighted by Crippen LogP contribution is -2.45. The molecule has 9 heteroatoms. The number of ether oxygens (including phenoxy) is 1. The molecule has 1 amide bonds. The Bertz CT molecular complexity index is 1160. The molecule has 7 nitrogen and oxygen atoms in total. The van der Waals surface area contributed by atoms with Crippen molar-refractivity contribution in [2.75, 3.05) is 29.4 Å². The number of para-hydroxylation sites is 2. The molecule has 31 heavy (non-hydrogen) atoms. The van der Waals surface area contributed by atoms with Gasteiger partial charge < -0.3 is 19.6 Å². The van der Waals surface area contributed by atoms with Crippen LogP contribution in [0.25, 0.3) is 0 Å². The Balaban J connectivity index is 1.67. The number of benzene rings is 2. The number of amides is 1. The first-order valence-electron chi connectivity index (χ1n) is 9.38. The quantitative estimate of drug-likeness (QED) is 0.595. The van der Waals surface area contributed by atoms with Gasteiger partial charge in [0.25, 0.3) is 5.91 Å². The highest BCUT2D eigenvalue weighted by Crippen LogP contribution is 2.36. The molecule has 1 aromatic heterocycles. The number of aromatic nitrogens is 1. The second kappa shape index (κ2) is 8.83. The van der Waals surface area contributed by atoms with E-state index in [1.165, 1.54) is 12.4 Å². The third-order valence-corrected chi connectivity index (χ3v) is 5.35. The predicted octanol–water partition coefficient (Wildman–Crippen LogP) is 4.73. The van der Waals surface area contributed by atoms with Crippen LogP contribution in [0.5, 0.6) is 11.5 Å². The zero-order valence-electron chi connectivity index (χ0n) is 16.2. The lowest BCUT2D eigenvalue weighted by molar-refractivity contribution is -0.135. The van der Waals surface area contributed by atoms with E-state index < -0.39 is 5.97 Å². The summed E-state index contributed by atoms with van der Waals surface area (Å²) < 4.78 is 5.90. The Morgan fingerprint density at radius 3 is 2.58 bits per heavy atom. The van der Waals surface area contributed by atoms with Crippen molar-refractivity contribution in [3.63, 3.8) is 0 Å². The van der Waals surface area contributed by atoms with Gasteiger partial charge in [-0.3, -0.25) is 14.6 Å². The minimum Gasteiger partial charge on any atom is -0.480 e. The molecule has 0 saturated carbocycles. The minimum atomic E-state index is -0.934. The fourth-order valence-corrected chi connectivity index (χ4v) is 3.73. The van der Waals surface area contributed by atoms with Gasteiger partial charge in [-0.2, -0.15) is 0 Å². The number of fused-ring (bicyclic) bond motifs is 1. The van der Waals surface area contributed by atoms with Crippen LogP contribution in [0, 0.1) is 0 Å². The molecule has 0 unspecified atom stereocenters. The van der Waals surface area contributed by atoms with Crippen molar-refractivity contribution in [1.82, 2.24) is 4.98 Å². The molecule has 4 rings (SSSR count). The van der Waals surface area contributed by atoms with Gasteiger partial charge in [-0.05, 0) is 30.3 Å². The zero-order valence-corrected chi connectivity index (χ0v) is 17.7. The minimum absolute atomic E-state index is 0.145. The molecule has 158 valence electrons. The van der Waals surface area contributed by atoms with Gasteiger partial charge in [-0.15, -0.1) is 0 Å². The van der Waals surface area contributed by atoms with Crippen molar-refractivity contribution < 1.29 is 19.4 Å². The van der Waals surface area contributed by atoms with E-state index in [9.17, 15) is 14.7 Å². The molecule has 1 aliphatic heterocycles. The summed E-state index contributed by atoms with van der Waals surface area (Å²) >= 11 is 12.2. The maximum Gasteiger partial charge on any atom is 0.323 e. The first kappa shape index (κ1) is 21.0. The number of aliphatic carboxylic acids is 1. The summed E-state index contributed by atoms with van der Waals surface area (Å²) in [5.74, 6) is -0.643. The Morgan fingerprint density at radius 2 is 1.81 bits per heavy atom. The lowest BCUT2D eigenvalue weighted by Gasteiger charge is -2.37. The lowest BCUT2D eigenvalue weighted by atomic mass is 10.1. The number of carbonyl (C=O) groups excluding carboxylic acids is 1. The SMILES string of the molecule is O=C(O)CN1CCN(C(=O)c2cnccc2Oc2cc(Cl)ccc2Cl)c2ccccc21. The molecule has 0 atom stereocenters. The smallest absolute Gasteiger partial charge is 0.323 e. The van der Waals surface area contributed by atoms with Crippen LogP contribution in [0.15, 0.2) is 60.9 Å². The number of carboxylic acids is 1. The van der Waals surface area contributed by atoms with Crippen molar-refractivity contribution in [1.29, 1.82) is 0 Å². The van der Waals surface area contributed by atoms with E-state index in [-0.39, 0.29) is 23.8 Å². The second-order valence-corrected chi connectivity index (χ2v) is 7.65. The highest BCUT2D eigenvalue weighted by molar-refractivity contribution is 6.34. The first-order chi connectivity index (χ1) is 14.9. The summed E-state index contributed by atoms with van der Waals surface area (Å²) in [6, 6.07) is 13.6. The predicted molar refractivity (Wildman–Crippen MR) is 119 cm³/mol. The van der Waals surface area contributed by atoms with Gasteiger partial charge >= 0.3 is 5.97 Å². The second-order valence-electron chi connectivity index (χ2n) is 6.81. The standard InChI is InChI=1S/C22H17Cl2N3O4/c23-14-5-6-16(24)20(11-14)31-19-7-8-25-12-15(19)22(30)27-10-9-26(13-21(28)29)17-3-1-2-4-18(17)27/h1-8,11-12H,9-10,13H2,(H,28,29). The number of rotatable bonds is 5. The Kier molecular flexibility index (Phi) is 5.97. The Hall–Kier alpha value is -3.29. The van der Waals surface area contributed by atoms with Crippen LogP contribution in [0.1, 0.15) is 10.4 Å². The monoisotopic (exact) mass is 457 g/mol. The molecule has 0 bridgehead atoms. The summed E-state index contributed by atoms with van der Waals surface area (Å²) in [5, 5.41) is 10.00. The molecule has 1 aliphatic rings. The van der Waals surface area contributed by atoms with Gasteiger partial charge in [0.2, 0.25) is 0 Å². The molecule has 0 fully saturated rings. The average molecular weight is 458 g/mol. The van der Waals surface area contributed by atoms with Gasteiger partial charge in [-0.25, -0.2) is 0 Å². The third kappa shape index (κ3) is 4.42. The van der Waals surface area contributed by atoms with Crippen LogP contribution in [-0.4, -0.2) is 41.6 Å². The maximum atomic E-state index is 13.5. The van der Waals surface area contributed by atoms with Crippen LogP contribution >= 0.6 is 23.2 Å². The summed E-state index contributed by atoms with van der Waals surface area (Å²) in [4.78, 5) is 32.1. The molecule has 2 heterocycles. The van der Waals surface area contributed by atoms with Crippen molar-refractivity contribution in [3.8, 4) is 11.5 Å². The fraction of sp³-hybridized carbons (Fsp3) is 0.136. The van der Waals surface area contributed by atoms with Gasteiger partial charge in [0.05, 0.1) is 16.4 Å². The first-order valence-corrected chi connectivity index (χ1v) is 10.1. The van der Waals surface area contributed by atoms with Crippen LogP contribution < -0.4 is 14.5 Å². The number of hydrogen-bond acceptors (Lipinski definition) is 5. The topological polar surface area (TPSA) is 83.0 Å². The van der Waals surface area contributed by atoms with Crippen LogP contribution in [-0.2, 0) is 4.79 Å². The molecule has 0 spiro atoms.